The molecule has 0 bridgehead atoms. The molecule has 7 heterocycles. The Morgan fingerprint density at radius 3 is 1.72 bits per heavy atom. The summed E-state index contributed by atoms with van der Waals surface area (Å²) in [5.74, 6) is 4.21. The van der Waals surface area contributed by atoms with Crippen LogP contribution in [0.15, 0.2) is 24.5 Å². The summed E-state index contributed by atoms with van der Waals surface area (Å²) in [6.07, 6.45) is 7.08. The molecule has 0 aromatic carbocycles. The molecule has 3 aliphatic heterocycles. The third-order valence-corrected chi connectivity index (χ3v) is 11.6. The van der Waals surface area contributed by atoms with E-state index in [-0.39, 0.29) is 30.4 Å². The summed E-state index contributed by atoms with van der Waals surface area (Å²) in [4.78, 5) is 40.5. The number of aliphatic hydroxyl groups excluding tert-OH is 1. The van der Waals surface area contributed by atoms with Gasteiger partial charge in [-0.25, -0.2) is 19.6 Å². The standard InChI is InChI=1S/C20H28N6O4.C20H27N5O4.C2H6/c1-24(18-10-17(28-2)15(21)11-22-18)19-14-12-25(20(27)29-3)7-4-16(14)26(23-19)13-5-8-30-9-6-13;1-12-10-21-18(9-17(12)28-3)23(2)19-15-11-24(20(27)29-4)6-5-16(15)25(22-19)13-7-14(26)8-13;1-2/h10-11,13H,4-9,12,21H2,1-3H3;9-10,13-14,26H,5-8,11H2,1-4H3;1-2H3. The fraction of sp³-hybridized carbons (Fsp3) is 0.571. The van der Waals surface area contributed by atoms with Gasteiger partial charge in [-0.3, -0.25) is 9.36 Å². The van der Waals surface area contributed by atoms with Crippen molar-refractivity contribution in [2.45, 2.75) is 90.6 Å². The van der Waals surface area contributed by atoms with Gasteiger partial charge >= 0.3 is 12.2 Å². The molecule has 3 N–H and O–H groups in total. The first-order valence-electron chi connectivity index (χ1n) is 20.9. The van der Waals surface area contributed by atoms with Gasteiger partial charge in [0.05, 0.1) is 71.6 Å². The Hall–Kier alpha value is -5.82. The number of pyridine rings is 2. The Kier molecular flexibility index (Phi) is 14.4. The van der Waals surface area contributed by atoms with Crippen LogP contribution in [0, 0.1) is 6.92 Å². The van der Waals surface area contributed by atoms with Gasteiger partial charge in [0.15, 0.2) is 11.6 Å². The SMILES string of the molecule is CC.COC(=O)N1CCc2c(c(N(C)c3cc(OC)c(C)cn3)nn2C2CC(O)C2)C1.COC(=O)N1CCc2c(c(N(C)c3cc(OC)c(N)cn3)nn2C2CCOCC2)C1. The smallest absolute Gasteiger partial charge is 0.409 e. The number of aryl methyl sites for hydroxylation is 1. The second-order valence-electron chi connectivity index (χ2n) is 15.2. The van der Waals surface area contributed by atoms with Crippen LogP contribution in [0.4, 0.5) is 38.5 Å². The number of nitrogen functional groups attached to an aromatic ring is 1. The van der Waals surface area contributed by atoms with Crippen LogP contribution >= 0.6 is 0 Å². The lowest BCUT2D eigenvalue weighted by atomic mass is 9.89. The first-order valence-corrected chi connectivity index (χ1v) is 20.9. The van der Waals surface area contributed by atoms with Crippen molar-refractivity contribution in [3.63, 3.8) is 0 Å². The molecule has 0 unspecified atom stereocenters. The number of carbonyl (C=O) groups is 2. The number of aliphatic hydroxyl groups is 1. The molecule has 1 aliphatic carbocycles. The second-order valence-corrected chi connectivity index (χ2v) is 15.2. The first kappa shape index (κ1) is 44.7. The van der Waals surface area contributed by atoms with Gasteiger partial charge in [-0.05, 0) is 32.6 Å². The Bertz CT molecular complexity index is 2150. The lowest BCUT2D eigenvalue weighted by Gasteiger charge is -2.34. The van der Waals surface area contributed by atoms with Gasteiger partial charge in [0, 0.05) is 99.6 Å². The number of amides is 2. The zero-order valence-corrected chi connectivity index (χ0v) is 36.9. The van der Waals surface area contributed by atoms with Gasteiger partial charge in [-0.1, -0.05) is 13.8 Å². The van der Waals surface area contributed by atoms with Gasteiger partial charge in [0.25, 0.3) is 0 Å². The Labute approximate surface area is 357 Å². The number of aromatic nitrogens is 6. The summed E-state index contributed by atoms with van der Waals surface area (Å²) in [6, 6.07) is 4.14. The average molecular weight is 848 g/mol. The third kappa shape index (κ3) is 9.27. The van der Waals surface area contributed by atoms with E-state index in [1.54, 1.807) is 42.5 Å². The minimum Gasteiger partial charge on any atom is -0.496 e. The molecule has 61 heavy (non-hydrogen) atoms. The Balaban J connectivity index is 0.000000196. The molecule has 0 atom stereocenters. The number of anilines is 5. The summed E-state index contributed by atoms with van der Waals surface area (Å²) in [5.41, 5.74) is 11.6. The third-order valence-electron chi connectivity index (χ3n) is 11.6. The Morgan fingerprint density at radius 1 is 0.770 bits per heavy atom. The van der Waals surface area contributed by atoms with Gasteiger partial charge in [-0.2, -0.15) is 10.2 Å². The molecule has 1 saturated carbocycles. The number of nitrogens with two attached hydrogens (primary N) is 1. The van der Waals surface area contributed by atoms with Crippen molar-refractivity contribution in [1.29, 1.82) is 0 Å². The zero-order valence-electron chi connectivity index (χ0n) is 36.9. The van der Waals surface area contributed by atoms with E-state index in [1.807, 2.05) is 55.4 Å². The molecule has 8 rings (SSSR count). The van der Waals surface area contributed by atoms with Crippen LogP contribution in [-0.4, -0.2) is 132 Å². The second kappa shape index (κ2) is 19.7. The summed E-state index contributed by atoms with van der Waals surface area (Å²) in [6.45, 7) is 9.47. The number of methoxy groups -OCH3 is 4. The van der Waals surface area contributed by atoms with E-state index in [0.29, 0.717) is 68.5 Å². The summed E-state index contributed by atoms with van der Waals surface area (Å²) in [5, 5.41) is 19.6. The minimum absolute atomic E-state index is 0.186. The molecule has 19 heteroatoms. The maximum absolute atomic E-state index is 12.2. The van der Waals surface area contributed by atoms with E-state index in [4.69, 9.17) is 39.6 Å². The van der Waals surface area contributed by atoms with E-state index < -0.39 is 0 Å². The predicted octanol–water partition coefficient (Wildman–Crippen LogP) is 5.32. The number of rotatable bonds is 8. The fourth-order valence-electron chi connectivity index (χ4n) is 8.17. The lowest BCUT2D eigenvalue weighted by Crippen LogP contribution is -2.38. The molecule has 4 aromatic heterocycles. The van der Waals surface area contributed by atoms with Gasteiger partial charge in [0.2, 0.25) is 0 Å². The molecule has 4 aromatic rings. The number of ether oxygens (including phenoxy) is 5. The molecule has 0 radical (unpaired) electrons. The first-order chi connectivity index (χ1) is 29.5. The number of hydrogen-bond acceptors (Lipinski definition) is 15. The van der Waals surface area contributed by atoms with Gasteiger partial charge < -0.3 is 54.1 Å². The highest BCUT2D eigenvalue weighted by Gasteiger charge is 2.37. The zero-order chi connectivity index (χ0) is 44.0. The topological polar surface area (TPSA) is 201 Å². The van der Waals surface area contributed by atoms with Crippen LogP contribution in [0.25, 0.3) is 0 Å². The normalized spacial score (nSPS) is 18.2. The highest BCUT2D eigenvalue weighted by Crippen LogP contribution is 2.40. The van der Waals surface area contributed by atoms with Crippen molar-refractivity contribution in [3.05, 3.63) is 52.6 Å². The molecule has 332 valence electrons. The maximum Gasteiger partial charge on any atom is 0.409 e. The van der Waals surface area contributed by atoms with E-state index in [0.717, 1.165) is 77.9 Å². The Morgan fingerprint density at radius 2 is 1.25 bits per heavy atom. The van der Waals surface area contributed by atoms with Crippen molar-refractivity contribution < 1.29 is 38.4 Å². The van der Waals surface area contributed by atoms with Crippen LogP contribution < -0.4 is 25.0 Å². The average Bonchev–Trinajstić information content (AvgIpc) is 3.87. The molecular weight excluding hydrogens is 787 g/mol. The predicted molar refractivity (Wildman–Crippen MR) is 229 cm³/mol. The maximum atomic E-state index is 12.2. The van der Waals surface area contributed by atoms with E-state index in [2.05, 4.69) is 14.6 Å². The van der Waals surface area contributed by atoms with Crippen molar-refractivity contribution in [2.24, 2.45) is 0 Å². The number of hydrogen-bond donors (Lipinski definition) is 2. The van der Waals surface area contributed by atoms with Crippen molar-refractivity contribution in [1.82, 2.24) is 39.3 Å². The molecule has 1 saturated heterocycles. The van der Waals surface area contributed by atoms with Gasteiger partial charge in [-0.15, -0.1) is 0 Å². The monoisotopic (exact) mass is 847 g/mol. The van der Waals surface area contributed by atoms with Crippen molar-refractivity contribution in [3.8, 4) is 11.5 Å². The van der Waals surface area contributed by atoms with Gasteiger partial charge in [0.1, 0.15) is 23.1 Å². The van der Waals surface area contributed by atoms with E-state index >= 15 is 0 Å². The number of fused-ring (bicyclic) bond motifs is 2. The quantitative estimate of drug-likeness (QED) is 0.231. The minimum atomic E-state index is -0.341. The molecule has 2 fully saturated rings. The fourth-order valence-corrected chi connectivity index (χ4v) is 8.17. The molecular formula is C42H61N11O8. The van der Waals surface area contributed by atoms with Crippen LogP contribution in [0.1, 0.15) is 79.7 Å². The van der Waals surface area contributed by atoms with Crippen LogP contribution in [0.3, 0.4) is 0 Å². The number of carbonyl (C=O) groups excluding carboxylic acids is 2. The van der Waals surface area contributed by atoms with Crippen LogP contribution in [0.2, 0.25) is 0 Å². The summed E-state index contributed by atoms with van der Waals surface area (Å²) in [7, 11) is 9.83. The van der Waals surface area contributed by atoms with Crippen molar-refractivity contribution in [2.75, 3.05) is 84.4 Å². The summed E-state index contributed by atoms with van der Waals surface area (Å²) < 4.78 is 30.3. The largest absolute Gasteiger partial charge is 0.496 e. The number of nitrogens with zero attached hydrogens (tertiary/aromatic N) is 10. The molecule has 4 aliphatic rings. The highest BCUT2D eigenvalue weighted by atomic mass is 16.5. The van der Waals surface area contributed by atoms with Crippen molar-refractivity contribution >= 4 is 41.1 Å². The lowest BCUT2D eigenvalue weighted by molar-refractivity contribution is 0.0417. The molecule has 19 nitrogen and oxygen atoms in total. The van der Waals surface area contributed by atoms with E-state index in [9.17, 15) is 14.7 Å². The summed E-state index contributed by atoms with van der Waals surface area (Å²) >= 11 is 0. The van der Waals surface area contributed by atoms with E-state index in [1.165, 1.54) is 14.2 Å². The molecule has 2 amide bonds. The van der Waals surface area contributed by atoms with Crippen LogP contribution in [-0.2, 0) is 40.1 Å². The molecule has 0 spiro atoms. The van der Waals surface area contributed by atoms with Crippen LogP contribution in [0.5, 0.6) is 11.5 Å². The highest BCUT2D eigenvalue weighted by molar-refractivity contribution is 5.71.